The summed E-state index contributed by atoms with van der Waals surface area (Å²) >= 11 is 1.67. The highest BCUT2D eigenvalue weighted by Gasteiger charge is 2.19. The zero-order chi connectivity index (χ0) is 14.5. The quantitative estimate of drug-likeness (QED) is 0.649. The third-order valence-electron chi connectivity index (χ3n) is 3.33. The number of likely N-dealkylation sites (N-methyl/N-ethyl adjacent to an activating group) is 1. The fourth-order valence-electron chi connectivity index (χ4n) is 2.35. The Morgan fingerprint density at radius 3 is 2.70 bits per heavy atom. The highest BCUT2D eigenvalue weighted by molar-refractivity contribution is 7.08. The molecule has 0 aliphatic heterocycles. The summed E-state index contributed by atoms with van der Waals surface area (Å²) in [5.41, 5.74) is 3.44. The zero-order valence-electron chi connectivity index (χ0n) is 11.6. The second-order valence-corrected chi connectivity index (χ2v) is 5.45. The van der Waals surface area contributed by atoms with Gasteiger partial charge in [-0.2, -0.15) is 11.3 Å². The van der Waals surface area contributed by atoms with Crippen LogP contribution in [0.2, 0.25) is 0 Å². The molecule has 0 aliphatic rings. The number of nitro groups is 1. The van der Waals surface area contributed by atoms with Gasteiger partial charge in [-0.1, -0.05) is 25.1 Å². The van der Waals surface area contributed by atoms with Crippen LogP contribution in [0, 0.1) is 17.0 Å². The van der Waals surface area contributed by atoms with Gasteiger partial charge in [-0.15, -0.1) is 0 Å². The average molecular weight is 290 g/mol. The maximum atomic E-state index is 11.1. The minimum Gasteiger partial charge on any atom is -0.310 e. The Hall–Kier alpha value is -1.72. The molecule has 5 heteroatoms. The predicted molar refractivity (Wildman–Crippen MR) is 82.3 cm³/mol. The van der Waals surface area contributed by atoms with E-state index in [2.05, 4.69) is 23.0 Å². The van der Waals surface area contributed by atoms with Crippen LogP contribution in [-0.4, -0.2) is 11.5 Å². The number of nitro benzene ring substituents is 1. The number of hydrogen-bond acceptors (Lipinski definition) is 4. The molecule has 0 bridgehead atoms. The molecule has 2 aromatic rings. The second-order valence-electron chi connectivity index (χ2n) is 4.71. The Bertz CT molecular complexity index is 595. The van der Waals surface area contributed by atoms with Crippen LogP contribution in [-0.2, 0) is 6.42 Å². The first-order valence-electron chi connectivity index (χ1n) is 6.61. The van der Waals surface area contributed by atoms with Crippen molar-refractivity contribution in [3.05, 3.63) is 61.8 Å². The molecule has 20 heavy (non-hydrogen) atoms. The largest absolute Gasteiger partial charge is 0.310 e. The second kappa shape index (κ2) is 6.63. The van der Waals surface area contributed by atoms with E-state index in [0.29, 0.717) is 6.42 Å². The van der Waals surface area contributed by atoms with Gasteiger partial charge in [0.25, 0.3) is 5.69 Å². The fraction of sp³-hybridized carbons (Fsp3) is 0.333. The highest BCUT2D eigenvalue weighted by Crippen LogP contribution is 2.28. The average Bonchev–Trinajstić information content (AvgIpc) is 2.85. The SMILES string of the molecule is CCNC(Cc1ccccc1[N+](=O)[O-])c1cscc1C. The van der Waals surface area contributed by atoms with Crippen molar-refractivity contribution in [3.63, 3.8) is 0 Å². The van der Waals surface area contributed by atoms with Gasteiger partial charge >= 0.3 is 0 Å². The Morgan fingerprint density at radius 2 is 2.10 bits per heavy atom. The molecule has 0 saturated carbocycles. The Labute approximate surface area is 122 Å². The lowest BCUT2D eigenvalue weighted by Gasteiger charge is -2.18. The molecule has 2 rings (SSSR count). The van der Waals surface area contributed by atoms with Crippen LogP contribution < -0.4 is 5.32 Å². The molecule has 1 heterocycles. The molecule has 1 aromatic carbocycles. The van der Waals surface area contributed by atoms with E-state index in [9.17, 15) is 10.1 Å². The monoisotopic (exact) mass is 290 g/mol. The summed E-state index contributed by atoms with van der Waals surface area (Å²) in [6.07, 6.45) is 0.628. The molecule has 106 valence electrons. The van der Waals surface area contributed by atoms with Crippen molar-refractivity contribution >= 4 is 17.0 Å². The number of rotatable bonds is 6. The van der Waals surface area contributed by atoms with E-state index in [0.717, 1.165) is 12.1 Å². The molecule has 1 atom stereocenters. The minimum atomic E-state index is -0.307. The summed E-state index contributed by atoms with van der Waals surface area (Å²) in [6, 6.07) is 7.08. The van der Waals surface area contributed by atoms with Gasteiger partial charge in [0, 0.05) is 17.7 Å². The first-order valence-corrected chi connectivity index (χ1v) is 7.56. The number of hydrogen-bond donors (Lipinski definition) is 1. The van der Waals surface area contributed by atoms with Crippen LogP contribution in [0.5, 0.6) is 0 Å². The number of benzene rings is 1. The molecular formula is C15H18N2O2S. The van der Waals surface area contributed by atoms with Crippen LogP contribution in [0.3, 0.4) is 0 Å². The van der Waals surface area contributed by atoms with Crippen LogP contribution >= 0.6 is 11.3 Å². The highest BCUT2D eigenvalue weighted by atomic mass is 32.1. The summed E-state index contributed by atoms with van der Waals surface area (Å²) < 4.78 is 0. The molecule has 1 N–H and O–H groups in total. The Kier molecular flexibility index (Phi) is 4.87. The molecule has 0 amide bonds. The first-order chi connectivity index (χ1) is 9.63. The van der Waals surface area contributed by atoms with Gasteiger partial charge in [0.2, 0.25) is 0 Å². The first kappa shape index (κ1) is 14.7. The van der Waals surface area contributed by atoms with Crippen LogP contribution in [0.1, 0.15) is 29.7 Å². The topological polar surface area (TPSA) is 55.2 Å². The summed E-state index contributed by atoms with van der Waals surface area (Å²) in [4.78, 5) is 10.8. The third-order valence-corrected chi connectivity index (χ3v) is 4.21. The zero-order valence-corrected chi connectivity index (χ0v) is 12.4. The summed E-state index contributed by atoms with van der Waals surface area (Å²) in [6.45, 7) is 4.96. The van der Waals surface area contributed by atoms with Crippen molar-refractivity contribution in [1.29, 1.82) is 0 Å². The normalized spacial score (nSPS) is 12.3. The van der Waals surface area contributed by atoms with E-state index in [1.54, 1.807) is 23.5 Å². The summed E-state index contributed by atoms with van der Waals surface area (Å²) in [5, 5.41) is 18.8. The third kappa shape index (κ3) is 3.23. The predicted octanol–water partition coefficient (Wildman–Crippen LogP) is 3.86. The van der Waals surface area contributed by atoms with Gasteiger partial charge in [-0.25, -0.2) is 0 Å². The van der Waals surface area contributed by atoms with Crippen molar-refractivity contribution in [2.45, 2.75) is 26.3 Å². The number of nitrogens with zero attached hydrogens (tertiary/aromatic N) is 1. The van der Waals surface area contributed by atoms with E-state index in [-0.39, 0.29) is 16.7 Å². The Balaban J connectivity index is 2.30. The summed E-state index contributed by atoms with van der Waals surface area (Å²) in [7, 11) is 0. The van der Waals surface area contributed by atoms with Gasteiger partial charge in [-0.3, -0.25) is 10.1 Å². The van der Waals surface area contributed by atoms with E-state index in [1.807, 2.05) is 19.1 Å². The van der Waals surface area contributed by atoms with E-state index < -0.39 is 0 Å². The minimum absolute atomic E-state index is 0.118. The maximum Gasteiger partial charge on any atom is 0.272 e. The van der Waals surface area contributed by atoms with Crippen molar-refractivity contribution in [3.8, 4) is 0 Å². The van der Waals surface area contributed by atoms with Crippen molar-refractivity contribution in [2.75, 3.05) is 6.54 Å². The Morgan fingerprint density at radius 1 is 1.35 bits per heavy atom. The maximum absolute atomic E-state index is 11.1. The molecule has 0 aliphatic carbocycles. The van der Waals surface area contributed by atoms with Crippen LogP contribution in [0.4, 0.5) is 5.69 Å². The smallest absolute Gasteiger partial charge is 0.272 e. The van der Waals surface area contributed by atoms with Crippen LogP contribution in [0.15, 0.2) is 35.0 Å². The van der Waals surface area contributed by atoms with Crippen molar-refractivity contribution in [2.24, 2.45) is 0 Å². The van der Waals surface area contributed by atoms with E-state index in [4.69, 9.17) is 0 Å². The number of nitrogens with one attached hydrogen (secondary N) is 1. The fourth-order valence-corrected chi connectivity index (χ4v) is 3.25. The molecule has 0 saturated heterocycles. The van der Waals surface area contributed by atoms with Gasteiger partial charge in [-0.05, 0) is 41.8 Å². The van der Waals surface area contributed by atoms with Gasteiger partial charge in [0.1, 0.15) is 0 Å². The molecule has 1 aromatic heterocycles. The van der Waals surface area contributed by atoms with Gasteiger partial charge in [0.15, 0.2) is 0 Å². The lowest BCUT2D eigenvalue weighted by Crippen LogP contribution is -2.23. The van der Waals surface area contributed by atoms with Crippen LogP contribution in [0.25, 0.3) is 0 Å². The number of para-hydroxylation sites is 1. The molecule has 4 nitrogen and oxygen atoms in total. The van der Waals surface area contributed by atoms with Crippen molar-refractivity contribution < 1.29 is 4.92 Å². The molecule has 0 fully saturated rings. The van der Waals surface area contributed by atoms with E-state index in [1.165, 1.54) is 11.1 Å². The number of aryl methyl sites for hydroxylation is 1. The lowest BCUT2D eigenvalue weighted by molar-refractivity contribution is -0.385. The molecular weight excluding hydrogens is 272 g/mol. The van der Waals surface area contributed by atoms with Crippen molar-refractivity contribution in [1.82, 2.24) is 5.32 Å². The lowest BCUT2D eigenvalue weighted by atomic mass is 9.97. The molecule has 1 unspecified atom stereocenters. The number of thiophene rings is 1. The van der Waals surface area contributed by atoms with E-state index >= 15 is 0 Å². The molecule has 0 spiro atoms. The summed E-state index contributed by atoms with van der Waals surface area (Å²) in [5.74, 6) is 0. The van der Waals surface area contributed by atoms with Gasteiger partial charge < -0.3 is 5.32 Å². The standard InChI is InChI=1S/C15H18N2O2S/c1-3-16-14(13-10-20-9-11(13)2)8-12-6-4-5-7-15(12)17(18)19/h4-7,9-10,14,16H,3,8H2,1-2H3. The van der Waals surface area contributed by atoms with Gasteiger partial charge in [0.05, 0.1) is 4.92 Å². The molecule has 0 radical (unpaired) electrons.